The first kappa shape index (κ1) is 16.0. The summed E-state index contributed by atoms with van der Waals surface area (Å²) in [5.74, 6) is -0.394. The van der Waals surface area contributed by atoms with Gasteiger partial charge in [0, 0.05) is 38.4 Å². The maximum atomic E-state index is 11.0. The number of nitrogens with two attached hydrogens (primary N) is 1. The first-order chi connectivity index (χ1) is 10.5. The van der Waals surface area contributed by atoms with Crippen molar-refractivity contribution in [3.8, 4) is 0 Å². The maximum Gasteiger partial charge on any atom is 0.248 e. The van der Waals surface area contributed by atoms with Crippen molar-refractivity contribution in [2.75, 3.05) is 19.0 Å². The van der Waals surface area contributed by atoms with Gasteiger partial charge in [0.1, 0.15) is 0 Å². The summed E-state index contributed by atoms with van der Waals surface area (Å²) in [7, 11) is 4.11. The highest BCUT2D eigenvalue weighted by Gasteiger charge is 2.05. The molecule has 0 fully saturated rings. The van der Waals surface area contributed by atoms with Crippen LogP contribution < -0.4 is 16.0 Å². The molecule has 0 saturated heterocycles. The van der Waals surface area contributed by atoms with Crippen molar-refractivity contribution in [3.05, 3.63) is 64.7 Å². The van der Waals surface area contributed by atoms with E-state index in [1.807, 2.05) is 12.1 Å². The second-order valence-electron chi connectivity index (χ2n) is 5.69. The van der Waals surface area contributed by atoms with Gasteiger partial charge in [0.05, 0.1) is 0 Å². The van der Waals surface area contributed by atoms with Gasteiger partial charge >= 0.3 is 0 Å². The van der Waals surface area contributed by atoms with Gasteiger partial charge in [-0.05, 0) is 41.8 Å². The Hall–Kier alpha value is -2.33. The number of nitrogens with zero attached hydrogens (tertiary/aromatic N) is 1. The number of carbonyl (C=O) groups excluding carboxylic acids is 1. The van der Waals surface area contributed by atoms with E-state index in [9.17, 15) is 4.79 Å². The van der Waals surface area contributed by atoms with E-state index in [1.165, 1.54) is 16.8 Å². The van der Waals surface area contributed by atoms with E-state index in [0.717, 1.165) is 18.7 Å². The minimum atomic E-state index is -0.394. The normalized spacial score (nSPS) is 10.5. The Morgan fingerprint density at radius 2 is 1.77 bits per heavy atom. The third-order valence-corrected chi connectivity index (χ3v) is 3.61. The third-order valence-electron chi connectivity index (χ3n) is 3.61. The molecule has 0 radical (unpaired) electrons. The smallest absolute Gasteiger partial charge is 0.248 e. The lowest BCUT2D eigenvalue weighted by molar-refractivity contribution is 0.100. The van der Waals surface area contributed by atoms with Crippen LogP contribution in [0.25, 0.3) is 0 Å². The molecule has 2 aromatic rings. The van der Waals surface area contributed by atoms with Crippen molar-refractivity contribution in [2.45, 2.75) is 20.0 Å². The molecule has 0 aromatic heterocycles. The molecule has 4 nitrogen and oxygen atoms in total. The first-order valence-electron chi connectivity index (χ1n) is 7.33. The van der Waals surface area contributed by atoms with Crippen LogP contribution in [0.4, 0.5) is 5.69 Å². The standard InChI is InChI=1S/C18H23N3O/c1-13-4-7-16(17(10-13)21(2)3)12-20-11-14-5-8-15(9-6-14)18(19)22/h4-10,20H,11-12H2,1-3H3,(H2,19,22). The molecule has 22 heavy (non-hydrogen) atoms. The van der Waals surface area contributed by atoms with E-state index in [1.54, 1.807) is 12.1 Å². The average Bonchev–Trinajstić information content (AvgIpc) is 2.49. The van der Waals surface area contributed by atoms with E-state index in [0.29, 0.717) is 5.56 Å². The molecule has 2 aromatic carbocycles. The van der Waals surface area contributed by atoms with Gasteiger partial charge < -0.3 is 16.0 Å². The molecule has 116 valence electrons. The second kappa shape index (κ2) is 7.09. The minimum Gasteiger partial charge on any atom is -0.377 e. The van der Waals surface area contributed by atoms with E-state index < -0.39 is 5.91 Å². The lowest BCUT2D eigenvalue weighted by Crippen LogP contribution is -2.17. The van der Waals surface area contributed by atoms with Gasteiger partial charge in [-0.2, -0.15) is 0 Å². The quantitative estimate of drug-likeness (QED) is 0.861. The predicted octanol–water partition coefficient (Wildman–Crippen LogP) is 2.45. The van der Waals surface area contributed by atoms with Crippen molar-refractivity contribution in [2.24, 2.45) is 5.73 Å². The number of carbonyl (C=O) groups is 1. The Bertz CT molecular complexity index is 648. The highest BCUT2D eigenvalue weighted by Crippen LogP contribution is 2.20. The lowest BCUT2D eigenvalue weighted by atomic mass is 10.1. The summed E-state index contributed by atoms with van der Waals surface area (Å²) in [6, 6.07) is 13.9. The lowest BCUT2D eigenvalue weighted by Gasteiger charge is -2.18. The summed E-state index contributed by atoms with van der Waals surface area (Å²) in [5, 5.41) is 3.44. The summed E-state index contributed by atoms with van der Waals surface area (Å²) in [5.41, 5.74) is 10.7. The van der Waals surface area contributed by atoms with Gasteiger partial charge in [-0.3, -0.25) is 4.79 Å². The second-order valence-corrected chi connectivity index (χ2v) is 5.69. The van der Waals surface area contributed by atoms with Crippen molar-refractivity contribution in [3.63, 3.8) is 0 Å². The SMILES string of the molecule is Cc1ccc(CNCc2ccc(C(N)=O)cc2)c(N(C)C)c1. The Kier molecular flexibility index (Phi) is 5.17. The fourth-order valence-corrected chi connectivity index (χ4v) is 2.37. The Balaban J connectivity index is 1.97. The zero-order valence-electron chi connectivity index (χ0n) is 13.4. The molecule has 1 amide bonds. The van der Waals surface area contributed by atoms with Crippen molar-refractivity contribution >= 4 is 11.6 Å². The molecule has 0 aliphatic carbocycles. The van der Waals surface area contributed by atoms with Crippen LogP contribution in [-0.4, -0.2) is 20.0 Å². The number of aryl methyl sites for hydroxylation is 1. The number of amides is 1. The highest BCUT2D eigenvalue weighted by atomic mass is 16.1. The van der Waals surface area contributed by atoms with Gasteiger partial charge in [-0.15, -0.1) is 0 Å². The van der Waals surface area contributed by atoms with Gasteiger partial charge in [-0.1, -0.05) is 24.3 Å². The zero-order valence-corrected chi connectivity index (χ0v) is 13.4. The van der Waals surface area contributed by atoms with Crippen LogP contribution in [0.2, 0.25) is 0 Å². The van der Waals surface area contributed by atoms with E-state index in [2.05, 4.69) is 49.4 Å². The largest absolute Gasteiger partial charge is 0.377 e. The monoisotopic (exact) mass is 297 g/mol. The van der Waals surface area contributed by atoms with Crippen LogP contribution >= 0.6 is 0 Å². The number of primary amides is 1. The topological polar surface area (TPSA) is 58.4 Å². The summed E-state index contributed by atoms with van der Waals surface area (Å²) in [6.07, 6.45) is 0. The van der Waals surface area contributed by atoms with Crippen LogP contribution in [-0.2, 0) is 13.1 Å². The van der Waals surface area contributed by atoms with Crippen LogP contribution in [0.3, 0.4) is 0 Å². The van der Waals surface area contributed by atoms with E-state index in [-0.39, 0.29) is 0 Å². The summed E-state index contributed by atoms with van der Waals surface area (Å²) in [6.45, 7) is 3.65. The fraction of sp³-hybridized carbons (Fsp3) is 0.278. The Morgan fingerprint density at radius 3 is 2.36 bits per heavy atom. The van der Waals surface area contributed by atoms with Crippen LogP contribution in [0.1, 0.15) is 27.0 Å². The first-order valence-corrected chi connectivity index (χ1v) is 7.33. The number of hydrogen-bond acceptors (Lipinski definition) is 3. The molecular formula is C18H23N3O. The van der Waals surface area contributed by atoms with Crippen LogP contribution in [0.5, 0.6) is 0 Å². The average molecular weight is 297 g/mol. The van der Waals surface area contributed by atoms with Crippen molar-refractivity contribution in [1.82, 2.24) is 5.32 Å². The molecule has 0 atom stereocenters. The van der Waals surface area contributed by atoms with Crippen LogP contribution in [0.15, 0.2) is 42.5 Å². The number of nitrogens with one attached hydrogen (secondary N) is 1. The molecule has 0 aliphatic heterocycles. The van der Waals surface area contributed by atoms with Crippen molar-refractivity contribution in [1.29, 1.82) is 0 Å². The van der Waals surface area contributed by atoms with Gasteiger partial charge in [0.25, 0.3) is 0 Å². The van der Waals surface area contributed by atoms with Crippen LogP contribution in [0, 0.1) is 6.92 Å². The Labute approximate surface area is 131 Å². The molecule has 0 unspecified atom stereocenters. The maximum absolute atomic E-state index is 11.0. The molecule has 2 rings (SSSR count). The number of rotatable bonds is 6. The molecule has 0 aliphatic rings. The predicted molar refractivity (Wildman–Crippen MR) is 91.0 cm³/mol. The fourth-order valence-electron chi connectivity index (χ4n) is 2.37. The van der Waals surface area contributed by atoms with Crippen molar-refractivity contribution < 1.29 is 4.79 Å². The third kappa shape index (κ3) is 4.09. The minimum absolute atomic E-state index is 0.394. The molecule has 0 saturated carbocycles. The molecular weight excluding hydrogens is 274 g/mol. The summed E-state index contributed by atoms with van der Waals surface area (Å²) in [4.78, 5) is 13.2. The van der Waals surface area contributed by atoms with Gasteiger partial charge in [0.15, 0.2) is 0 Å². The zero-order chi connectivity index (χ0) is 16.1. The summed E-state index contributed by atoms with van der Waals surface area (Å²) < 4.78 is 0. The van der Waals surface area contributed by atoms with E-state index >= 15 is 0 Å². The summed E-state index contributed by atoms with van der Waals surface area (Å²) >= 11 is 0. The molecule has 0 heterocycles. The number of benzene rings is 2. The molecule has 0 spiro atoms. The molecule has 3 N–H and O–H groups in total. The molecule has 4 heteroatoms. The number of hydrogen-bond donors (Lipinski definition) is 2. The van der Waals surface area contributed by atoms with E-state index in [4.69, 9.17) is 5.73 Å². The Morgan fingerprint density at radius 1 is 1.09 bits per heavy atom. The molecule has 0 bridgehead atoms. The highest BCUT2D eigenvalue weighted by molar-refractivity contribution is 5.92. The van der Waals surface area contributed by atoms with Gasteiger partial charge in [0.2, 0.25) is 5.91 Å². The number of anilines is 1. The van der Waals surface area contributed by atoms with Gasteiger partial charge in [-0.25, -0.2) is 0 Å².